The van der Waals surface area contributed by atoms with E-state index in [1.807, 2.05) is 0 Å². The molecule has 1 saturated heterocycles. The van der Waals surface area contributed by atoms with Crippen molar-refractivity contribution in [2.45, 2.75) is 90.4 Å². The molecular formula is C22H36O3. The van der Waals surface area contributed by atoms with Gasteiger partial charge in [0.15, 0.2) is 6.29 Å². The molecule has 4 saturated carbocycles. The molecule has 0 aromatic carbocycles. The van der Waals surface area contributed by atoms with Crippen LogP contribution < -0.4 is 0 Å². The highest BCUT2D eigenvalue weighted by molar-refractivity contribution is 5.18. The van der Waals surface area contributed by atoms with Crippen molar-refractivity contribution >= 4 is 0 Å². The number of hydrogen-bond donors (Lipinski definition) is 1. The van der Waals surface area contributed by atoms with Crippen LogP contribution in [0.25, 0.3) is 0 Å². The van der Waals surface area contributed by atoms with E-state index in [4.69, 9.17) is 9.47 Å². The van der Waals surface area contributed by atoms with Gasteiger partial charge < -0.3 is 14.6 Å². The second kappa shape index (κ2) is 5.23. The Balaban J connectivity index is 1.54. The zero-order valence-electron chi connectivity index (χ0n) is 16.4. The molecular weight excluding hydrogens is 312 g/mol. The lowest BCUT2D eigenvalue weighted by Gasteiger charge is -2.68. The van der Waals surface area contributed by atoms with Crippen LogP contribution in [0.2, 0.25) is 0 Å². The van der Waals surface area contributed by atoms with Crippen molar-refractivity contribution in [3.8, 4) is 0 Å². The van der Waals surface area contributed by atoms with E-state index < -0.39 is 5.60 Å². The minimum Gasteiger partial charge on any atom is -0.390 e. The second-order valence-corrected chi connectivity index (χ2v) is 10.7. The maximum Gasteiger partial charge on any atom is 0.163 e. The number of ether oxygens (including phenoxy) is 2. The first-order valence-corrected chi connectivity index (χ1v) is 10.8. The predicted molar refractivity (Wildman–Crippen MR) is 97.0 cm³/mol. The monoisotopic (exact) mass is 348 g/mol. The molecule has 1 heterocycles. The molecule has 8 atom stereocenters. The molecule has 0 amide bonds. The summed E-state index contributed by atoms with van der Waals surface area (Å²) in [6, 6.07) is 0. The van der Waals surface area contributed by atoms with E-state index in [-0.39, 0.29) is 11.7 Å². The van der Waals surface area contributed by atoms with Gasteiger partial charge in [0.1, 0.15) is 0 Å². The molecule has 1 aliphatic heterocycles. The summed E-state index contributed by atoms with van der Waals surface area (Å²) in [5.41, 5.74) is 0.499. The molecule has 3 heteroatoms. The molecule has 0 radical (unpaired) electrons. The standard InChI is InChI=1S/C22H36O3/c1-4-24-18-19(2)9-5-10-22(14-25-18)16(19)8-11-21-12-15(6-7-17(21)22)20(3,23)13-21/h15-18,23H,4-14H2,1-3H3/t15-,16-,17-,18-,19+,20-,21+,22+/m1/s1. The van der Waals surface area contributed by atoms with Crippen molar-refractivity contribution in [3.05, 3.63) is 0 Å². The highest BCUT2D eigenvalue weighted by Gasteiger charge is 2.70. The highest BCUT2D eigenvalue weighted by atomic mass is 16.7. The van der Waals surface area contributed by atoms with Crippen molar-refractivity contribution in [1.82, 2.24) is 0 Å². The summed E-state index contributed by atoms with van der Waals surface area (Å²) in [4.78, 5) is 0. The summed E-state index contributed by atoms with van der Waals surface area (Å²) < 4.78 is 12.6. The van der Waals surface area contributed by atoms with Crippen LogP contribution in [-0.4, -0.2) is 30.2 Å². The topological polar surface area (TPSA) is 38.7 Å². The van der Waals surface area contributed by atoms with Crippen molar-refractivity contribution < 1.29 is 14.6 Å². The fourth-order valence-corrected chi connectivity index (χ4v) is 8.89. The van der Waals surface area contributed by atoms with Gasteiger partial charge in [-0.15, -0.1) is 0 Å². The van der Waals surface area contributed by atoms with E-state index in [0.29, 0.717) is 16.7 Å². The Morgan fingerprint density at radius 1 is 1.08 bits per heavy atom. The molecule has 1 N–H and O–H groups in total. The van der Waals surface area contributed by atoms with Crippen LogP contribution in [-0.2, 0) is 9.47 Å². The molecule has 25 heavy (non-hydrogen) atoms. The van der Waals surface area contributed by atoms with Crippen LogP contribution in [0.3, 0.4) is 0 Å². The first kappa shape index (κ1) is 17.0. The molecule has 4 aliphatic carbocycles. The zero-order valence-corrected chi connectivity index (χ0v) is 16.4. The summed E-state index contributed by atoms with van der Waals surface area (Å²) in [5.74, 6) is 2.04. The Labute approximate surface area is 152 Å². The maximum atomic E-state index is 11.0. The van der Waals surface area contributed by atoms with Gasteiger partial charge in [0.2, 0.25) is 0 Å². The largest absolute Gasteiger partial charge is 0.390 e. The Morgan fingerprint density at radius 2 is 1.92 bits per heavy atom. The minimum absolute atomic E-state index is 0.00648. The van der Waals surface area contributed by atoms with Gasteiger partial charge in [0.05, 0.1) is 12.2 Å². The van der Waals surface area contributed by atoms with Gasteiger partial charge >= 0.3 is 0 Å². The average molecular weight is 349 g/mol. The number of hydrogen-bond acceptors (Lipinski definition) is 3. The number of rotatable bonds is 2. The van der Waals surface area contributed by atoms with Crippen molar-refractivity contribution in [3.63, 3.8) is 0 Å². The number of aliphatic hydroxyl groups is 1. The Bertz CT molecular complexity index is 559. The van der Waals surface area contributed by atoms with Gasteiger partial charge in [-0.2, -0.15) is 0 Å². The molecule has 5 fully saturated rings. The van der Waals surface area contributed by atoms with Gasteiger partial charge in [0, 0.05) is 17.4 Å². The molecule has 0 unspecified atom stereocenters. The normalized spacial score (nSPS) is 60.0. The molecule has 3 nitrogen and oxygen atoms in total. The smallest absolute Gasteiger partial charge is 0.163 e. The minimum atomic E-state index is -0.431. The van der Waals surface area contributed by atoms with Crippen LogP contribution in [0, 0.1) is 34.0 Å². The molecule has 142 valence electrons. The molecule has 4 bridgehead atoms. The Hall–Kier alpha value is -0.120. The van der Waals surface area contributed by atoms with E-state index >= 15 is 0 Å². The Kier molecular flexibility index (Phi) is 3.56. The summed E-state index contributed by atoms with van der Waals surface area (Å²) in [7, 11) is 0. The predicted octanol–water partition coefficient (Wildman–Crippen LogP) is 4.52. The van der Waals surface area contributed by atoms with Gasteiger partial charge in [-0.1, -0.05) is 13.3 Å². The maximum absolute atomic E-state index is 11.0. The lowest BCUT2D eigenvalue weighted by Crippen LogP contribution is -2.66. The van der Waals surface area contributed by atoms with Crippen LogP contribution in [0.5, 0.6) is 0 Å². The summed E-state index contributed by atoms with van der Waals surface area (Å²) >= 11 is 0. The van der Waals surface area contributed by atoms with E-state index in [2.05, 4.69) is 20.8 Å². The first-order chi connectivity index (χ1) is 11.9. The van der Waals surface area contributed by atoms with E-state index in [9.17, 15) is 5.11 Å². The SMILES string of the molecule is CCO[C@@H]1OC[C@@]23CCC[C@@]1(C)[C@H]2CC[C@@]12C[C@@H](CC[C@H]13)[C@](C)(O)C2. The van der Waals surface area contributed by atoms with Gasteiger partial charge in [0.25, 0.3) is 0 Å². The highest BCUT2D eigenvalue weighted by Crippen LogP contribution is 2.74. The second-order valence-electron chi connectivity index (χ2n) is 10.7. The third-order valence-corrected chi connectivity index (χ3v) is 9.62. The molecule has 1 spiro atoms. The quantitative estimate of drug-likeness (QED) is 0.797. The zero-order chi connectivity index (χ0) is 17.5. The van der Waals surface area contributed by atoms with Crippen molar-refractivity contribution in [1.29, 1.82) is 0 Å². The fourth-order valence-electron chi connectivity index (χ4n) is 8.89. The fraction of sp³-hybridized carbons (Fsp3) is 1.00. The van der Waals surface area contributed by atoms with Crippen molar-refractivity contribution in [2.24, 2.45) is 34.0 Å². The van der Waals surface area contributed by atoms with Crippen LogP contribution in [0.4, 0.5) is 0 Å². The van der Waals surface area contributed by atoms with E-state index in [0.717, 1.165) is 31.5 Å². The van der Waals surface area contributed by atoms with Crippen LogP contribution in [0.1, 0.15) is 78.6 Å². The third kappa shape index (κ3) is 2.04. The molecule has 0 aromatic heterocycles. The lowest BCUT2D eigenvalue weighted by atomic mass is 9.39. The number of fused-ring (bicyclic) bond motifs is 1. The third-order valence-electron chi connectivity index (χ3n) is 9.62. The van der Waals surface area contributed by atoms with Gasteiger partial charge in [-0.05, 0) is 88.4 Å². The first-order valence-electron chi connectivity index (χ1n) is 10.8. The summed E-state index contributed by atoms with van der Waals surface area (Å²) in [6.07, 6.45) is 11.4. The lowest BCUT2D eigenvalue weighted by molar-refractivity contribution is -0.328. The Morgan fingerprint density at radius 3 is 2.72 bits per heavy atom. The molecule has 5 rings (SSSR count). The summed E-state index contributed by atoms with van der Waals surface area (Å²) in [5, 5.41) is 11.0. The van der Waals surface area contributed by atoms with Crippen LogP contribution >= 0.6 is 0 Å². The molecule has 5 aliphatic rings. The van der Waals surface area contributed by atoms with E-state index in [1.54, 1.807) is 0 Å². The van der Waals surface area contributed by atoms with Crippen molar-refractivity contribution in [2.75, 3.05) is 13.2 Å². The van der Waals surface area contributed by atoms with Gasteiger partial charge in [-0.3, -0.25) is 0 Å². The average Bonchev–Trinajstić information content (AvgIpc) is 2.74. The summed E-state index contributed by atoms with van der Waals surface area (Å²) in [6.45, 7) is 8.32. The van der Waals surface area contributed by atoms with Crippen LogP contribution in [0.15, 0.2) is 0 Å². The molecule has 0 aromatic rings. The van der Waals surface area contributed by atoms with E-state index in [1.165, 1.54) is 51.4 Å². The van der Waals surface area contributed by atoms with Gasteiger partial charge in [-0.25, -0.2) is 0 Å².